The Balaban J connectivity index is 1.52. The zero-order chi connectivity index (χ0) is 18.4. The van der Waals surface area contributed by atoms with Crippen LogP contribution in [0.15, 0.2) is 58.3 Å². The number of rotatable bonds is 6. The Kier molecular flexibility index (Phi) is 5.68. The van der Waals surface area contributed by atoms with Gasteiger partial charge in [-0.1, -0.05) is 37.2 Å². The summed E-state index contributed by atoms with van der Waals surface area (Å²) in [6, 6.07) is 12.0. The number of guanidine groups is 1. The molecule has 3 rings (SSSR count). The third-order valence-electron chi connectivity index (χ3n) is 3.94. The summed E-state index contributed by atoms with van der Waals surface area (Å²) in [7, 11) is 1.74. The van der Waals surface area contributed by atoms with Crippen molar-refractivity contribution < 1.29 is 4.52 Å². The standard InChI is InChI=1S/C19H24N6O/c1-14(2)18-9-17(26-24-18)12-22-19(20-3)21-10-15-11-23-25(13-15)16-7-5-4-6-8-16/h4-9,11,13-14H,10,12H2,1-3H3,(H2,20,21,22). The van der Waals surface area contributed by atoms with Gasteiger partial charge in [0.2, 0.25) is 0 Å². The number of nitrogens with zero attached hydrogens (tertiary/aromatic N) is 4. The monoisotopic (exact) mass is 352 g/mol. The molecule has 0 bridgehead atoms. The van der Waals surface area contributed by atoms with Crippen LogP contribution < -0.4 is 10.6 Å². The van der Waals surface area contributed by atoms with Gasteiger partial charge in [0.1, 0.15) is 0 Å². The molecule has 0 unspecified atom stereocenters. The minimum atomic E-state index is 0.353. The fourth-order valence-corrected chi connectivity index (χ4v) is 2.43. The van der Waals surface area contributed by atoms with Crippen LogP contribution in [0.5, 0.6) is 0 Å². The predicted molar refractivity (Wildman–Crippen MR) is 101 cm³/mol. The lowest BCUT2D eigenvalue weighted by Gasteiger charge is -2.09. The minimum Gasteiger partial charge on any atom is -0.359 e. The molecule has 0 radical (unpaired) electrons. The van der Waals surface area contributed by atoms with Crippen molar-refractivity contribution >= 4 is 5.96 Å². The lowest BCUT2D eigenvalue weighted by molar-refractivity contribution is 0.372. The van der Waals surface area contributed by atoms with Crippen LogP contribution in [-0.2, 0) is 13.1 Å². The summed E-state index contributed by atoms with van der Waals surface area (Å²) in [4.78, 5) is 4.23. The van der Waals surface area contributed by atoms with E-state index in [1.165, 1.54) is 0 Å². The van der Waals surface area contributed by atoms with Gasteiger partial charge >= 0.3 is 0 Å². The molecule has 7 nitrogen and oxygen atoms in total. The van der Waals surface area contributed by atoms with Crippen LogP contribution in [0.3, 0.4) is 0 Å². The smallest absolute Gasteiger partial charge is 0.191 e. The highest BCUT2D eigenvalue weighted by Gasteiger charge is 2.08. The van der Waals surface area contributed by atoms with E-state index < -0.39 is 0 Å². The molecule has 1 aromatic carbocycles. The van der Waals surface area contributed by atoms with Crippen LogP contribution in [0.1, 0.15) is 36.8 Å². The van der Waals surface area contributed by atoms with Gasteiger partial charge in [-0.2, -0.15) is 5.10 Å². The molecular weight excluding hydrogens is 328 g/mol. The highest BCUT2D eigenvalue weighted by molar-refractivity contribution is 5.79. The molecule has 2 N–H and O–H groups in total. The first-order valence-corrected chi connectivity index (χ1v) is 8.64. The number of hydrogen-bond acceptors (Lipinski definition) is 4. The number of benzene rings is 1. The molecule has 0 aliphatic heterocycles. The Hall–Kier alpha value is -3.09. The number of aliphatic imine (C=N–C) groups is 1. The Morgan fingerprint density at radius 2 is 1.96 bits per heavy atom. The minimum absolute atomic E-state index is 0.353. The second kappa shape index (κ2) is 8.33. The topological polar surface area (TPSA) is 80.3 Å². The molecule has 7 heteroatoms. The van der Waals surface area contributed by atoms with E-state index in [4.69, 9.17) is 4.52 Å². The van der Waals surface area contributed by atoms with Crippen LogP contribution in [0.2, 0.25) is 0 Å². The first-order chi connectivity index (χ1) is 12.7. The predicted octanol–water partition coefficient (Wildman–Crippen LogP) is 2.85. The molecule has 0 atom stereocenters. The molecule has 2 heterocycles. The van der Waals surface area contributed by atoms with E-state index in [2.05, 4.69) is 39.7 Å². The fraction of sp³-hybridized carbons (Fsp3) is 0.316. The van der Waals surface area contributed by atoms with E-state index in [0.717, 1.165) is 22.7 Å². The SMILES string of the molecule is CN=C(NCc1cnn(-c2ccccc2)c1)NCc1cc(C(C)C)no1. The van der Waals surface area contributed by atoms with Gasteiger partial charge in [0.15, 0.2) is 11.7 Å². The van der Waals surface area contributed by atoms with Gasteiger partial charge in [-0.05, 0) is 18.1 Å². The summed E-state index contributed by atoms with van der Waals surface area (Å²) in [5.74, 6) is 1.83. The van der Waals surface area contributed by atoms with Gasteiger partial charge in [-0.15, -0.1) is 0 Å². The molecule has 0 aliphatic carbocycles. The average molecular weight is 352 g/mol. The Morgan fingerprint density at radius 3 is 2.65 bits per heavy atom. The quantitative estimate of drug-likeness (QED) is 0.527. The molecule has 0 saturated heterocycles. The van der Waals surface area contributed by atoms with Crippen molar-refractivity contribution in [1.82, 2.24) is 25.6 Å². The molecule has 2 aromatic heterocycles. The van der Waals surface area contributed by atoms with E-state index in [-0.39, 0.29) is 0 Å². The first-order valence-electron chi connectivity index (χ1n) is 8.64. The van der Waals surface area contributed by atoms with E-state index >= 15 is 0 Å². The summed E-state index contributed by atoms with van der Waals surface area (Å²) in [6.07, 6.45) is 3.85. The summed E-state index contributed by atoms with van der Waals surface area (Å²) < 4.78 is 7.18. The van der Waals surface area contributed by atoms with Crippen LogP contribution in [0.4, 0.5) is 0 Å². The molecule has 0 fully saturated rings. The summed E-state index contributed by atoms with van der Waals surface area (Å²) >= 11 is 0. The van der Waals surface area contributed by atoms with Crippen LogP contribution in [0, 0.1) is 0 Å². The number of para-hydroxylation sites is 1. The maximum Gasteiger partial charge on any atom is 0.191 e. The van der Waals surface area contributed by atoms with Gasteiger partial charge < -0.3 is 15.2 Å². The second-order valence-corrected chi connectivity index (χ2v) is 6.28. The van der Waals surface area contributed by atoms with E-state index in [1.807, 2.05) is 53.5 Å². The highest BCUT2D eigenvalue weighted by atomic mass is 16.5. The zero-order valence-corrected chi connectivity index (χ0v) is 15.3. The molecule has 0 aliphatic rings. The van der Waals surface area contributed by atoms with Crippen LogP contribution in [-0.4, -0.2) is 27.9 Å². The van der Waals surface area contributed by atoms with E-state index in [0.29, 0.717) is 25.0 Å². The molecular formula is C19H24N6O. The van der Waals surface area contributed by atoms with Gasteiger partial charge in [0, 0.05) is 31.4 Å². The van der Waals surface area contributed by atoms with Crippen molar-refractivity contribution in [2.45, 2.75) is 32.9 Å². The molecule has 136 valence electrons. The Labute approximate surface area is 153 Å². The number of hydrogen-bond donors (Lipinski definition) is 2. The maximum atomic E-state index is 5.33. The van der Waals surface area contributed by atoms with Gasteiger partial charge in [0.25, 0.3) is 0 Å². The van der Waals surface area contributed by atoms with Gasteiger partial charge in [-0.3, -0.25) is 4.99 Å². The van der Waals surface area contributed by atoms with Crippen LogP contribution >= 0.6 is 0 Å². The maximum absolute atomic E-state index is 5.33. The second-order valence-electron chi connectivity index (χ2n) is 6.28. The summed E-state index contributed by atoms with van der Waals surface area (Å²) in [6.45, 7) is 5.33. The van der Waals surface area contributed by atoms with Crippen molar-refractivity contribution in [3.8, 4) is 5.69 Å². The lowest BCUT2D eigenvalue weighted by atomic mass is 10.1. The summed E-state index contributed by atoms with van der Waals surface area (Å²) in [5, 5.41) is 15.0. The van der Waals surface area contributed by atoms with Crippen molar-refractivity contribution in [1.29, 1.82) is 0 Å². The summed E-state index contributed by atoms with van der Waals surface area (Å²) in [5.41, 5.74) is 3.06. The first kappa shape index (κ1) is 17.7. The zero-order valence-electron chi connectivity index (χ0n) is 15.3. The van der Waals surface area contributed by atoms with Crippen molar-refractivity contribution in [2.75, 3.05) is 7.05 Å². The normalized spacial score (nSPS) is 11.8. The van der Waals surface area contributed by atoms with E-state index in [9.17, 15) is 0 Å². The molecule has 0 saturated carbocycles. The van der Waals surface area contributed by atoms with Gasteiger partial charge in [-0.25, -0.2) is 4.68 Å². The molecule has 26 heavy (non-hydrogen) atoms. The molecule has 3 aromatic rings. The number of nitrogens with one attached hydrogen (secondary N) is 2. The number of aromatic nitrogens is 3. The van der Waals surface area contributed by atoms with Crippen molar-refractivity contribution in [3.05, 3.63) is 65.8 Å². The largest absolute Gasteiger partial charge is 0.359 e. The fourth-order valence-electron chi connectivity index (χ4n) is 2.43. The van der Waals surface area contributed by atoms with E-state index in [1.54, 1.807) is 7.05 Å². The third-order valence-corrected chi connectivity index (χ3v) is 3.94. The van der Waals surface area contributed by atoms with Crippen LogP contribution in [0.25, 0.3) is 5.69 Å². The average Bonchev–Trinajstić information content (AvgIpc) is 3.32. The van der Waals surface area contributed by atoms with Gasteiger partial charge in [0.05, 0.1) is 24.1 Å². The molecule has 0 amide bonds. The Bertz CT molecular complexity index is 850. The van der Waals surface area contributed by atoms with Crippen molar-refractivity contribution in [2.24, 2.45) is 4.99 Å². The highest BCUT2D eigenvalue weighted by Crippen LogP contribution is 2.13. The Morgan fingerprint density at radius 1 is 1.19 bits per heavy atom. The molecule has 0 spiro atoms. The lowest BCUT2D eigenvalue weighted by Crippen LogP contribution is -2.36. The third kappa shape index (κ3) is 4.50. The van der Waals surface area contributed by atoms with Crippen molar-refractivity contribution in [3.63, 3.8) is 0 Å².